The number of likely N-dealkylation sites (N-methyl/N-ethyl adjacent to an activating group) is 1. The highest BCUT2D eigenvalue weighted by Gasteiger charge is 2.33. The first-order chi connectivity index (χ1) is 15.3. The highest BCUT2D eigenvalue weighted by Crippen LogP contribution is 2.32. The molecule has 32 heavy (non-hydrogen) atoms. The van der Waals surface area contributed by atoms with Gasteiger partial charge in [0.05, 0.1) is 18.7 Å². The Morgan fingerprint density at radius 3 is 2.62 bits per heavy atom. The van der Waals surface area contributed by atoms with Crippen LogP contribution in [0, 0.1) is 0 Å². The van der Waals surface area contributed by atoms with Gasteiger partial charge >= 0.3 is 0 Å². The average molecular weight is 481 g/mol. The Morgan fingerprint density at radius 1 is 1.19 bits per heavy atom. The van der Waals surface area contributed by atoms with Gasteiger partial charge in [0.15, 0.2) is 0 Å². The highest BCUT2D eigenvalue weighted by molar-refractivity contribution is 7.89. The predicted molar refractivity (Wildman–Crippen MR) is 124 cm³/mol. The minimum Gasteiger partial charge on any atom is -0.495 e. The molecular weight excluding hydrogens is 452 g/mol. The van der Waals surface area contributed by atoms with Crippen molar-refractivity contribution in [1.29, 1.82) is 0 Å². The fraction of sp³-hybridized carbons (Fsp3) is 0.435. The average Bonchev–Trinajstić information content (AvgIpc) is 2.79. The Balaban J connectivity index is 1.76. The second-order valence-corrected chi connectivity index (χ2v) is 10.1. The summed E-state index contributed by atoms with van der Waals surface area (Å²) in [7, 11) is -0.729. The Hall–Kier alpha value is -2.29. The molecule has 1 saturated heterocycles. The number of sulfonamides is 1. The molecule has 1 amide bonds. The number of carbonyl (C=O) groups excluding carboxylic acids is 1. The molecule has 9 heteroatoms. The maximum atomic E-state index is 13.4. The first-order valence-corrected chi connectivity index (χ1v) is 12.4. The van der Waals surface area contributed by atoms with Gasteiger partial charge in [0.25, 0.3) is 5.91 Å². The van der Waals surface area contributed by atoms with Crippen LogP contribution in [0.25, 0.3) is 0 Å². The number of amides is 1. The van der Waals surface area contributed by atoms with Crippen molar-refractivity contribution in [3.63, 3.8) is 0 Å². The minimum absolute atomic E-state index is 0.0142. The van der Waals surface area contributed by atoms with Crippen molar-refractivity contribution in [3.05, 3.63) is 53.1 Å². The van der Waals surface area contributed by atoms with Crippen molar-refractivity contribution in [3.8, 4) is 11.5 Å². The van der Waals surface area contributed by atoms with Crippen molar-refractivity contribution >= 4 is 27.5 Å². The third kappa shape index (κ3) is 5.36. The summed E-state index contributed by atoms with van der Waals surface area (Å²) in [5, 5.41) is 0.499. The fourth-order valence-electron chi connectivity index (χ4n) is 3.74. The molecule has 0 saturated carbocycles. The van der Waals surface area contributed by atoms with E-state index in [-0.39, 0.29) is 34.8 Å². The van der Waals surface area contributed by atoms with Crippen molar-refractivity contribution in [2.24, 2.45) is 0 Å². The van der Waals surface area contributed by atoms with Crippen molar-refractivity contribution in [2.45, 2.75) is 37.1 Å². The molecular formula is C23H29ClN2O5S. The number of nitrogens with zero attached hydrogens (tertiary/aromatic N) is 2. The molecule has 174 valence electrons. The lowest BCUT2D eigenvalue weighted by Gasteiger charge is -2.32. The summed E-state index contributed by atoms with van der Waals surface area (Å²) < 4.78 is 39.2. The number of piperidine rings is 1. The number of carbonyl (C=O) groups is 1. The van der Waals surface area contributed by atoms with E-state index >= 15 is 0 Å². The third-order valence-electron chi connectivity index (χ3n) is 5.61. The first-order valence-electron chi connectivity index (χ1n) is 10.6. The second kappa shape index (κ2) is 10.6. The van der Waals surface area contributed by atoms with E-state index in [1.165, 1.54) is 28.4 Å². The molecule has 0 N–H and O–H groups in total. The van der Waals surface area contributed by atoms with E-state index in [9.17, 15) is 13.2 Å². The molecule has 0 aromatic heterocycles. The number of para-hydroxylation sites is 1. The van der Waals surface area contributed by atoms with E-state index in [1.807, 2.05) is 19.1 Å². The summed E-state index contributed by atoms with van der Waals surface area (Å²) in [4.78, 5) is 14.5. The molecule has 1 aliphatic heterocycles. The number of ether oxygens (including phenoxy) is 2. The standard InChI is InChI=1S/C23H29ClN2O5S/c1-17-8-6-7-13-26(17)32(28,29)22-16-18(11-12-21(22)30-3)23(27)25(2)14-15-31-20-10-5-4-9-19(20)24/h4-5,9-12,16-17H,6-8,13-15H2,1-3H3/t17-/m1/s1. The minimum atomic E-state index is -3.80. The smallest absolute Gasteiger partial charge is 0.253 e. The molecule has 1 heterocycles. The molecule has 1 fully saturated rings. The van der Waals surface area contributed by atoms with E-state index in [4.69, 9.17) is 21.1 Å². The zero-order chi connectivity index (χ0) is 23.3. The van der Waals surface area contributed by atoms with E-state index in [0.717, 1.165) is 19.3 Å². The largest absolute Gasteiger partial charge is 0.495 e. The second-order valence-electron chi connectivity index (χ2n) is 7.83. The zero-order valence-corrected chi connectivity index (χ0v) is 20.2. The first kappa shape index (κ1) is 24.4. The summed E-state index contributed by atoms with van der Waals surface area (Å²) in [6.07, 6.45) is 2.64. The van der Waals surface area contributed by atoms with Crippen LogP contribution in [0.4, 0.5) is 0 Å². The Labute approximate surface area is 194 Å². The summed E-state index contributed by atoms with van der Waals surface area (Å²) in [5.74, 6) is 0.464. The molecule has 0 radical (unpaired) electrons. The molecule has 1 atom stereocenters. The fourth-order valence-corrected chi connectivity index (χ4v) is 5.82. The predicted octanol–water partition coefficient (Wildman–Crippen LogP) is 4.06. The lowest BCUT2D eigenvalue weighted by molar-refractivity contribution is 0.0773. The summed E-state index contributed by atoms with van der Waals surface area (Å²) in [6.45, 7) is 2.93. The van der Waals surface area contributed by atoms with Crippen LogP contribution in [-0.2, 0) is 10.0 Å². The van der Waals surface area contributed by atoms with Gasteiger partial charge in [0.2, 0.25) is 10.0 Å². The van der Waals surface area contributed by atoms with E-state index in [0.29, 0.717) is 23.9 Å². The van der Waals surface area contributed by atoms with Gasteiger partial charge in [-0.1, -0.05) is 30.2 Å². The van der Waals surface area contributed by atoms with Crippen LogP contribution >= 0.6 is 11.6 Å². The molecule has 0 spiro atoms. The Morgan fingerprint density at radius 2 is 1.94 bits per heavy atom. The van der Waals surface area contributed by atoms with Crippen LogP contribution in [0.15, 0.2) is 47.4 Å². The van der Waals surface area contributed by atoms with Gasteiger partial charge in [-0.15, -0.1) is 0 Å². The molecule has 3 rings (SSSR count). The Bertz CT molecular complexity index is 1060. The van der Waals surface area contributed by atoms with Gasteiger partial charge in [-0.25, -0.2) is 8.42 Å². The molecule has 7 nitrogen and oxygen atoms in total. The lowest BCUT2D eigenvalue weighted by atomic mass is 10.1. The number of hydrogen-bond acceptors (Lipinski definition) is 5. The number of rotatable bonds is 8. The molecule has 0 bridgehead atoms. The number of hydrogen-bond donors (Lipinski definition) is 0. The van der Waals surface area contributed by atoms with Gasteiger partial charge in [0, 0.05) is 25.2 Å². The van der Waals surface area contributed by atoms with Crippen LogP contribution in [0.5, 0.6) is 11.5 Å². The van der Waals surface area contributed by atoms with Crippen molar-refractivity contribution in [2.75, 3.05) is 33.9 Å². The maximum absolute atomic E-state index is 13.4. The van der Waals surface area contributed by atoms with E-state index in [2.05, 4.69) is 0 Å². The van der Waals surface area contributed by atoms with Gasteiger partial charge < -0.3 is 14.4 Å². The van der Waals surface area contributed by atoms with Crippen molar-refractivity contribution in [1.82, 2.24) is 9.21 Å². The summed E-state index contributed by atoms with van der Waals surface area (Å²) >= 11 is 6.08. The van der Waals surface area contributed by atoms with Gasteiger partial charge in [0.1, 0.15) is 23.0 Å². The quantitative estimate of drug-likeness (QED) is 0.569. The topological polar surface area (TPSA) is 76.1 Å². The molecule has 2 aromatic carbocycles. The van der Waals surface area contributed by atoms with Crippen LogP contribution < -0.4 is 9.47 Å². The van der Waals surface area contributed by atoms with Gasteiger partial charge in [-0.2, -0.15) is 4.31 Å². The summed E-state index contributed by atoms with van der Waals surface area (Å²) in [5.41, 5.74) is 0.272. The zero-order valence-electron chi connectivity index (χ0n) is 18.6. The monoisotopic (exact) mass is 480 g/mol. The van der Waals surface area contributed by atoms with Crippen LogP contribution in [0.3, 0.4) is 0 Å². The number of benzene rings is 2. The van der Waals surface area contributed by atoms with Crippen LogP contribution in [-0.4, -0.2) is 63.4 Å². The van der Waals surface area contributed by atoms with Crippen molar-refractivity contribution < 1.29 is 22.7 Å². The highest BCUT2D eigenvalue weighted by atomic mass is 35.5. The van der Waals surface area contributed by atoms with Gasteiger partial charge in [-0.05, 0) is 50.1 Å². The van der Waals surface area contributed by atoms with Gasteiger partial charge in [-0.3, -0.25) is 4.79 Å². The van der Waals surface area contributed by atoms with E-state index in [1.54, 1.807) is 25.2 Å². The third-order valence-corrected chi connectivity index (χ3v) is 7.95. The Kier molecular flexibility index (Phi) is 8.03. The molecule has 0 unspecified atom stereocenters. The maximum Gasteiger partial charge on any atom is 0.253 e. The molecule has 2 aromatic rings. The van der Waals surface area contributed by atoms with Crippen LogP contribution in [0.1, 0.15) is 36.5 Å². The lowest BCUT2D eigenvalue weighted by Crippen LogP contribution is -2.42. The summed E-state index contributed by atoms with van der Waals surface area (Å²) in [6, 6.07) is 11.5. The number of halogens is 1. The number of methoxy groups -OCH3 is 1. The normalized spacial score (nSPS) is 17.1. The van der Waals surface area contributed by atoms with E-state index < -0.39 is 10.0 Å². The molecule has 1 aliphatic rings. The SMILES string of the molecule is COc1ccc(C(=O)N(C)CCOc2ccccc2Cl)cc1S(=O)(=O)N1CCCC[C@H]1C. The van der Waals surface area contributed by atoms with Crippen LogP contribution in [0.2, 0.25) is 5.02 Å². The molecule has 0 aliphatic carbocycles.